The molecule has 2 aromatic rings. The number of halogens is 1. The Labute approximate surface area is 122 Å². The van der Waals surface area contributed by atoms with Gasteiger partial charge in [-0.3, -0.25) is 4.68 Å². The Hall–Kier alpha value is -1.89. The van der Waals surface area contributed by atoms with Crippen LogP contribution in [0, 0.1) is 5.82 Å². The van der Waals surface area contributed by atoms with Crippen molar-refractivity contribution >= 4 is 15.5 Å². The van der Waals surface area contributed by atoms with Crippen LogP contribution in [-0.4, -0.2) is 29.7 Å². The van der Waals surface area contributed by atoms with Crippen LogP contribution < -0.4 is 5.73 Å². The van der Waals surface area contributed by atoms with Gasteiger partial charge in [-0.25, -0.2) is 12.8 Å². The molecule has 1 aromatic heterocycles. The first-order valence-corrected chi connectivity index (χ1v) is 8.43. The van der Waals surface area contributed by atoms with E-state index >= 15 is 0 Å². The zero-order valence-electron chi connectivity index (χ0n) is 11.6. The van der Waals surface area contributed by atoms with Gasteiger partial charge in [-0.15, -0.1) is 0 Å². The SMILES string of the molecule is CC1(n2cc(N)c(-c3cccc(F)c3)n2)CCS(=O)(=O)C1. The maximum Gasteiger partial charge on any atom is 0.152 e. The van der Waals surface area contributed by atoms with Gasteiger partial charge in [-0.2, -0.15) is 5.10 Å². The number of benzene rings is 1. The number of nitrogens with two attached hydrogens (primary N) is 1. The van der Waals surface area contributed by atoms with Crippen LogP contribution in [0.3, 0.4) is 0 Å². The van der Waals surface area contributed by atoms with Crippen molar-refractivity contribution in [3.8, 4) is 11.3 Å². The Balaban J connectivity index is 2.03. The van der Waals surface area contributed by atoms with Crippen molar-refractivity contribution < 1.29 is 12.8 Å². The van der Waals surface area contributed by atoms with Gasteiger partial charge in [0.1, 0.15) is 11.5 Å². The molecule has 1 unspecified atom stereocenters. The highest BCUT2D eigenvalue weighted by Crippen LogP contribution is 2.33. The van der Waals surface area contributed by atoms with Gasteiger partial charge in [0.25, 0.3) is 0 Å². The molecule has 1 aliphatic rings. The molecule has 2 N–H and O–H groups in total. The number of aromatic nitrogens is 2. The van der Waals surface area contributed by atoms with Crippen molar-refractivity contribution in [2.45, 2.75) is 18.9 Å². The van der Waals surface area contributed by atoms with E-state index in [1.54, 1.807) is 23.0 Å². The van der Waals surface area contributed by atoms with Crippen LogP contribution >= 0.6 is 0 Å². The van der Waals surface area contributed by atoms with Gasteiger partial charge in [0.05, 0.1) is 22.7 Å². The number of nitrogens with zero attached hydrogens (tertiary/aromatic N) is 2. The number of nitrogen functional groups attached to an aromatic ring is 1. The third-order valence-corrected chi connectivity index (χ3v) is 5.76. The van der Waals surface area contributed by atoms with Crippen LogP contribution in [0.4, 0.5) is 10.1 Å². The summed E-state index contributed by atoms with van der Waals surface area (Å²) in [4.78, 5) is 0. The predicted molar refractivity (Wildman–Crippen MR) is 79.0 cm³/mol. The maximum atomic E-state index is 13.3. The molecule has 0 bridgehead atoms. The van der Waals surface area contributed by atoms with Gasteiger partial charge < -0.3 is 5.73 Å². The smallest absolute Gasteiger partial charge is 0.152 e. The standard InChI is InChI=1S/C14H16FN3O2S/c1-14(5-6-21(19,20)9-14)18-8-12(16)13(17-18)10-3-2-4-11(15)7-10/h2-4,7-8H,5-6,9,16H2,1H3. The molecular weight excluding hydrogens is 293 g/mol. The normalized spacial score (nSPS) is 24.3. The Morgan fingerprint density at radius 3 is 2.81 bits per heavy atom. The van der Waals surface area contributed by atoms with E-state index in [0.29, 0.717) is 23.4 Å². The fraction of sp³-hybridized carbons (Fsp3) is 0.357. The minimum absolute atomic E-state index is 0.0453. The van der Waals surface area contributed by atoms with E-state index in [0.717, 1.165) is 0 Å². The predicted octanol–water partition coefficient (Wildman–Crippen LogP) is 1.81. The summed E-state index contributed by atoms with van der Waals surface area (Å²) in [6.45, 7) is 1.85. The molecule has 2 heterocycles. The Kier molecular flexibility index (Phi) is 3.05. The van der Waals surface area contributed by atoms with Crippen molar-refractivity contribution in [2.75, 3.05) is 17.2 Å². The molecular formula is C14H16FN3O2S. The number of anilines is 1. The van der Waals surface area contributed by atoms with E-state index in [1.807, 2.05) is 6.92 Å². The summed E-state index contributed by atoms with van der Waals surface area (Å²) in [6.07, 6.45) is 2.13. The number of hydrogen-bond donors (Lipinski definition) is 1. The summed E-state index contributed by atoms with van der Waals surface area (Å²) in [7, 11) is -3.04. The van der Waals surface area contributed by atoms with Crippen LogP contribution in [0.1, 0.15) is 13.3 Å². The average Bonchev–Trinajstić information content (AvgIpc) is 2.91. The van der Waals surface area contributed by atoms with Crippen molar-refractivity contribution in [1.82, 2.24) is 9.78 Å². The average molecular weight is 309 g/mol. The van der Waals surface area contributed by atoms with Crippen molar-refractivity contribution in [2.24, 2.45) is 0 Å². The number of rotatable bonds is 2. The molecule has 3 rings (SSSR count). The highest BCUT2D eigenvalue weighted by molar-refractivity contribution is 7.91. The number of hydrogen-bond acceptors (Lipinski definition) is 4. The molecule has 1 atom stereocenters. The first-order chi connectivity index (χ1) is 9.79. The Bertz CT molecular complexity index is 800. The topological polar surface area (TPSA) is 78.0 Å². The van der Waals surface area contributed by atoms with Gasteiger partial charge in [0.2, 0.25) is 0 Å². The summed E-state index contributed by atoms with van der Waals surface area (Å²) >= 11 is 0. The first-order valence-electron chi connectivity index (χ1n) is 6.61. The summed E-state index contributed by atoms with van der Waals surface area (Å²) in [5, 5.41) is 4.40. The minimum Gasteiger partial charge on any atom is -0.396 e. The van der Waals surface area contributed by atoms with Gasteiger partial charge in [-0.05, 0) is 25.5 Å². The van der Waals surface area contributed by atoms with E-state index < -0.39 is 15.4 Å². The second kappa shape index (κ2) is 4.56. The monoisotopic (exact) mass is 309 g/mol. The molecule has 0 radical (unpaired) electrons. The highest BCUT2D eigenvalue weighted by Gasteiger charge is 2.40. The first kappa shape index (κ1) is 14.1. The molecule has 0 amide bonds. The van der Waals surface area contributed by atoms with E-state index in [-0.39, 0.29) is 17.3 Å². The lowest BCUT2D eigenvalue weighted by molar-refractivity contribution is 0.329. The Morgan fingerprint density at radius 2 is 2.19 bits per heavy atom. The molecule has 1 fully saturated rings. The van der Waals surface area contributed by atoms with E-state index in [9.17, 15) is 12.8 Å². The zero-order valence-corrected chi connectivity index (χ0v) is 12.4. The highest BCUT2D eigenvalue weighted by atomic mass is 32.2. The summed E-state index contributed by atoms with van der Waals surface area (Å²) in [6, 6.07) is 6.02. The molecule has 0 spiro atoms. The molecule has 0 aliphatic carbocycles. The lowest BCUT2D eigenvalue weighted by atomic mass is 10.0. The van der Waals surface area contributed by atoms with Crippen molar-refractivity contribution in [1.29, 1.82) is 0 Å². The summed E-state index contributed by atoms with van der Waals surface area (Å²) in [5.74, 6) is -0.168. The largest absolute Gasteiger partial charge is 0.396 e. The fourth-order valence-corrected chi connectivity index (χ4v) is 4.82. The third kappa shape index (κ3) is 2.53. The lowest BCUT2D eigenvalue weighted by Crippen LogP contribution is -2.31. The van der Waals surface area contributed by atoms with Crippen molar-refractivity contribution in [3.63, 3.8) is 0 Å². The molecule has 0 saturated carbocycles. The summed E-state index contributed by atoms with van der Waals surface area (Å²) in [5.41, 5.74) is 6.82. The molecule has 112 valence electrons. The Morgan fingerprint density at radius 1 is 1.43 bits per heavy atom. The molecule has 1 aliphatic heterocycles. The third-order valence-electron chi connectivity index (χ3n) is 3.88. The quantitative estimate of drug-likeness (QED) is 0.917. The van der Waals surface area contributed by atoms with Gasteiger partial charge in [-0.1, -0.05) is 12.1 Å². The minimum atomic E-state index is -3.04. The second-order valence-corrected chi connectivity index (χ2v) is 7.91. The molecule has 5 nitrogen and oxygen atoms in total. The zero-order chi connectivity index (χ0) is 15.3. The van der Waals surface area contributed by atoms with E-state index in [1.165, 1.54) is 12.1 Å². The molecule has 21 heavy (non-hydrogen) atoms. The van der Waals surface area contributed by atoms with Crippen molar-refractivity contribution in [3.05, 3.63) is 36.3 Å². The van der Waals surface area contributed by atoms with Gasteiger partial charge >= 0.3 is 0 Å². The van der Waals surface area contributed by atoms with Crippen LogP contribution in [0.25, 0.3) is 11.3 Å². The molecule has 7 heteroatoms. The lowest BCUT2D eigenvalue weighted by Gasteiger charge is -2.22. The van der Waals surface area contributed by atoms with Crippen LogP contribution in [0.5, 0.6) is 0 Å². The van der Waals surface area contributed by atoms with E-state index in [2.05, 4.69) is 5.10 Å². The second-order valence-electron chi connectivity index (χ2n) is 5.73. The molecule has 1 aromatic carbocycles. The fourth-order valence-electron chi connectivity index (χ4n) is 2.70. The van der Waals surface area contributed by atoms with Gasteiger partial charge in [0, 0.05) is 11.8 Å². The van der Waals surface area contributed by atoms with Crippen LogP contribution in [0.15, 0.2) is 30.5 Å². The summed E-state index contributed by atoms with van der Waals surface area (Å²) < 4.78 is 38.3. The van der Waals surface area contributed by atoms with Crippen LogP contribution in [0.2, 0.25) is 0 Å². The van der Waals surface area contributed by atoms with Gasteiger partial charge in [0.15, 0.2) is 9.84 Å². The number of sulfone groups is 1. The van der Waals surface area contributed by atoms with Crippen LogP contribution in [-0.2, 0) is 15.4 Å². The maximum absolute atomic E-state index is 13.3. The van der Waals surface area contributed by atoms with E-state index in [4.69, 9.17) is 5.73 Å². The molecule has 1 saturated heterocycles.